The number of rotatable bonds is 8. The maximum Gasteiger partial charge on any atom is 0.284 e. The second-order valence-electron chi connectivity index (χ2n) is 4.09. The van der Waals surface area contributed by atoms with E-state index in [1.807, 2.05) is 10.8 Å². The molecule has 92 valence electrons. The van der Waals surface area contributed by atoms with E-state index in [2.05, 4.69) is 6.92 Å². The zero-order valence-electron chi connectivity index (χ0n) is 10.1. The van der Waals surface area contributed by atoms with Gasteiger partial charge in [-0.25, -0.2) is 9.13 Å². The van der Waals surface area contributed by atoms with E-state index in [0.29, 0.717) is 0 Å². The molecule has 0 amide bonds. The van der Waals surface area contributed by atoms with Crippen molar-refractivity contribution in [1.82, 2.24) is 4.57 Å². The molecule has 0 spiro atoms. The number of hydrogen-bond acceptors (Lipinski definition) is 2. The van der Waals surface area contributed by atoms with Gasteiger partial charge in [-0.1, -0.05) is 26.2 Å². The lowest BCUT2D eigenvalue weighted by atomic mass is 10.1. The third kappa shape index (κ3) is 3.61. The third-order valence-electron chi connectivity index (χ3n) is 2.89. The summed E-state index contributed by atoms with van der Waals surface area (Å²) in [7, 11) is 0. The summed E-state index contributed by atoms with van der Waals surface area (Å²) in [4.78, 5) is 0. The van der Waals surface area contributed by atoms with Crippen molar-refractivity contribution in [2.45, 2.75) is 58.9 Å². The second-order valence-corrected chi connectivity index (χ2v) is 4.09. The first-order chi connectivity index (χ1) is 7.83. The molecule has 0 aromatic carbocycles. The molecule has 0 saturated carbocycles. The molecule has 0 fully saturated rings. The minimum atomic E-state index is -0.0707. The average Bonchev–Trinajstić information content (AvgIpc) is 2.71. The predicted octanol–water partition coefficient (Wildman–Crippen LogP) is 1.19. The van der Waals surface area contributed by atoms with Crippen LogP contribution in [0.5, 0.6) is 0 Å². The lowest BCUT2D eigenvalue weighted by molar-refractivity contribution is -0.706. The molecule has 16 heavy (non-hydrogen) atoms. The first-order valence-corrected chi connectivity index (χ1v) is 6.12. The molecule has 0 bridgehead atoms. The fraction of sp³-hybridized carbons (Fsp3) is 0.750. The Kier molecular flexibility index (Phi) is 6.11. The van der Waals surface area contributed by atoms with Crippen molar-refractivity contribution in [2.75, 3.05) is 0 Å². The molecule has 2 N–H and O–H groups in total. The predicted molar refractivity (Wildman–Crippen MR) is 61.5 cm³/mol. The quantitative estimate of drug-likeness (QED) is 0.517. The first kappa shape index (κ1) is 13.2. The first-order valence-electron chi connectivity index (χ1n) is 6.12. The summed E-state index contributed by atoms with van der Waals surface area (Å²) in [5.41, 5.74) is 0. The number of aliphatic hydroxyl groups is 2. The van der Waals surface area contributed by atoms with Gasteiger partial charge in [0.25, 0.3) is 5.82 Å². The van der Waals surface area contributed by atoms with E-state index in [1.165, 1.54) is 25.7 Å². The fourth-order valence-corrected chi connectivity index (χ4v) is 1.90. The van der Waals surface area contributed by atoms with Crippen molar-refractivity contribution in [1.29, 1.82) is 0 Å². The van der Waals surface area contributed by atoms with Gasteiger partial charge in [-0.3, -0.25) is 0 Å². The molecule has 4 nitrogen and oxygen atoms in total. The van der Waals surface area contributed by atoms with Crippen LogP contribution < -0.4 is 4.57 Å². The molecule has 0 aliphatic rings. The molecule has 0 aliphatic carbocycles. The summed E-state index contributed by atoms with van der Waals surface area (Å²) < 4.78 is 3.67. The lowest BCUT2D eigenvalue weighted by Crippen LogP contribution is -2.37. The molecule has 1 aromatic rings. The van der Waals surface area contributed by atoms with Gasteiger partial charge in [0.15, 0.2) is 6.73 Å². The van der Waals surface area contributed by atoms with Gasteiger partial charge < -0.3 is 10.2 Å². The second kappa shape index (κ2) is 7.41. The van der Waals surface area contributed by atoms with Crippen molar-refractivity contribution in [3.05, 3.63) is 18.2 Å². The number of hydrogen-bond donors (Lipinski definition) is 2. The molecule has 0 unspecified atom stereocenters. The van der Waals surface area contributed by atoms with Gasteiger partial charge in [-0.2, -0.15) is 0 Å². The van der Waals surface area contributed by atoms with Gasteiger partial charge in [0.05, 0.1) is 6.54 Å². The monoisotopic (exact) mass is 227 g/mol. The summed E-state index contributed by atoms with van der Waals surface area (Å²) >= 11 is 0. The average molecular weight is 227 g/mol. The highest BCUT2D eigenvalue weighted by Crippen LogP contribution is 2.03. The number of imidazole rings is 1. The molecule has 1 heterocycles. The molecule has 0 radical (unpaired) electrons. The Hall–Kier alpha value is -0.870. The Morgan fingerprint density at radius 1 is 1.19 bits per heavy atom. The summed E-state index contributed by atoms with van der Waals surface area (Å²) in [6.07, 6.45) is 9.93. The van der Waals surface area contributed by atoms with Crippen LogP contribution in [0, 0.1) is 0 Å². The van der Waals surface area contributed by atoms with Gasteiger partial charge in [-0.15, -0.1) is 0 Å². The summed E-state index contributed by atoms with van der Waals surface area (Å²) in [5.74, 6) is 0.776. The van der Waals surface area contributed by atoms with Crippen LogP contribution in [-0.4, -0.2) is 14.8 Å². The minimum absolute atomic E-state index is 0.0253. The minimum Gasteiger partial charge on any atom is -0.384 e. The van der Waals surface area contributed by atoms with E-state index < -0.39 is 0 Å². The summed E-state index contributed by atoms with van der Waals surface area (Å²) in [5, 5.41) is 18.3. The Morgan fingerprint density at radius 3 is 2.56 bits per heavy atom. The molecular weight excluding hydrogens is 204 g/mol. The Labute approximate surface area is 97.2 Å². The number of unbranched alkanes of at least 4 members (excludes halogenated alkanes) is 4. The van der Waals surface area contributed by atoms with E-state index in [0.717, 1.165) is 18.8 Å². The maximum absolute atomic E-state index is 9.21. The smallest absolute Gasteiger partial charge is 0.284 e. The van der Waals surface area contributed by atoms with E-state index >= 15 is 0 Å². The molecule has 0 atom stereocenters. The van der Waals surface area contributed by atoms with E-state index in [-0.39, 0.29) is 13.3 Å². The highest BCUT2D eigenvalue weighted by molar-refractivity contribution is 4.79. The molecule has 0 aliphatic heterocycles. The van der Waals surface area contributed by atoms with Crippen LogP contribution in [0.15, 0.2) is 12.4 Å². The number of aliphatic hydroxyl groups excluding tert-OH is 2. The standard InChI is InChI=1S/C12H23N2O2/c1-2-3-4-5-6-7-13-8-9-14(11-16)12(13)10-15/h8-9,15-16H,2-7,10-11H2,1H3/q+1. The van der Waals surface area contributed by atoms with E-state index in [1.54, 1.807) is 10.8 Å². The van der Waals surface area contributed by atoms with Crippen LogP contribution in [-0.2, 0) is 19.9 Å². The Morgan fingerprint density at radius 2 is 1.94 bits per heavy atom. The number of nitrogens with zero attached hydrogens (tertiary/aromatic N) is 2. The third-order valence-corrected chi connectivity index (χ3v) is 2.89. The van der Waals surface area contributed by atoms with Crippen LogP contribution >= 0.6 is 0 Å². The number of aryl methyl sites for hydroxylation is 1. The zero-order chi connectivity index (χ0) is 11.8. The molecule has 1 aromatic heterocycles. The van der Waals surface area contributed by atoms with Gasteiger partial charge in [0.2, 0.25) is 0 Å². The Bertz CT molecular complexity index is 297. The lowest BCUT2D eigenvalue weighted by Gasteiger charge is -2.01. The van der Waals surface area contributed by atoms with Gasteiger partial charge in [-0.05, 0) is 12.8 Å². The normalized spacial score (nSPS) is 10.9. The molecular formula is C12H23N2O2+. The SMILES string of the molecule is CCCCCCC[n+]1ccn(CO)c1CO. The summed E-state index contributed by atoms with van der Waals surface area (Å²) in [6, 6.07) is 0. The van der Waals surface area contributed by atoms with Crippen molar-refractivity contribution in [3.63, 3.8) is 0 Å². The van der Waals surface area contributed by atoms with Crippen LogP contribution in [0.4, 0.5) is 0 Å². The van der Waals surface area contributed by atoms with Gasteiger partial charge in [0, 0.05) is 0 Å². The molecule has 1 rings (SSSR count). The largest absolute Gasteiger partial charge is 0.384 e. The maximum atomic E-state index is 9.21. The van der Waals surface area contributed by atoms with Crippen LogP contribution in [0.3, 0.4) is 0 Å². The van der Waals surface area contributed by atoms with Crippen molar-refractivity contribution in [2.24, 2.45) is 0 Å². The molecule has 4 heteroatoms. The van der Waals surface area contributed by atoms with Crippen molar-refractivity contribution >= 4 is 0 Å². The number of aromatic nitrogens is 2. The van der Waals surface area contributed by atoms with E-state index in [9.17, 15) is 5.11 Å². The van der Waals surface area contributed by atoms with E-state index in [4.69, 9.17) is 5.11 Å². The van der Waals surface area contributed by atoms with Crippen LogP contribution in [0.2, 0.25) is 0 Å². The van der Waals surface area contributed by atoms with Gasteiger partial charge >= 0.3 is 0 Å². The van der Waals surface area contributed by atoms with Crippen LogP contribution in [0.1, 0.15) is 44.9 Å². The fourth-order valence-electron chi connectivity index (χ4n) is 1.90. The van der Waals surface area contributed by atoms with Crippen LogP contribution in [0.25, 0.3) is 0 Å². The van der Waals surface area contributed by atoms with Crippen molar-refractivity contribution < 1.29 is 14.8 Å². The molecule has 0 saturated heterocycles. The zero-order valence-corrected chi connectivity index (χ0v) is 10.1. The van der Waals surface area contributed by atoms with Gasteiger partial charge in [0.1, 0.15) is 19.0 Å². The Balaban J connectivity index is 2.38. The van der Waals surface area contributed by atoms with Crippen molar-refractivity contribution in [3.8, 4) is 0 Å². The highest BCUT2D eigenvalue weighted by atomic mass is 16.3. The topological polar surface area (TPSA) is 49.3 Å². The summed E-state index contributed by atoms with van der Waals surface area (Å²) in [6.45, 7) is 3.04. The highest BCUT2D eigenvalue weighted by Gasteiger charge is 2.14.